The molecule has 27 heavy (non-hydrogen) atoms. The number of fused-ring (bicyclic) bond motifs is 1. The van der Waals surface area contributed by atoms with Gasteiger partial charge in [0.05, 0.1) is 12.0 Å². The molecule has 0 aliphatic carbocycles. The van der Waals surface area contributed by atoms with Gasteiger partial charge in [-0.15, -0.1) is 0 Å². The number of nitrogens with zero attached hydrogens (tertiary/aromatic N) is 3. The Hall–Kier alpha value is -2.89. The van der Waals surface area contributed by atoms with Crippen LogP contribution in [0.5, 0.6) is 0 Å². The largest absolute Gasteiger partial charge is 0.395 e. The van der Waals surface area contributed by atoms with Crippen LogP contribution in [-0.4, -0.2) is 32.8 Å². The smallest absolute Gasteiger partial charge is 0.150 e. The average Bonchev–Trinajstić information content (AvgIpc) is 3.09. The lowest BCUT2D eigenvalue weighted by atomic mass is 10.1. The average molecular weight is 379 g/mol. The van der Waals surface area contributed by atoms with E-state index in [0.717, 1.165) is 33.4 Å². The zero-order chi connectivity index (χ0) is 18.8. The van der Waals surface area contributed by atoms with Gasteiger partial charge < -0.3 is 15.0 Å². The second-order valence-electron chi connectivity index (χ2n) is 6.28. The van der Waals surface area contributed by atoms with Crippen LogP contribution in [0.1, 0.15) is 5.56 Å². The molecule has 2 N–H and O–H groups in total. The number of rotatable bonds is 5. The molecule has 0 aliphatic heterocycles. The molecule has 0 spiro atoms. The van der Waals surface area contributed by atoms with Crippen molar-refractivity contribution in [2.45, 2.75) is 6.92 Å². The number of aromatic nitrogens is 3. The summed E-state index contributed by atoms with van der Waals surface area (Å²) in [5, 5.41) is 14.0. The summed E-state index contributed by atoms with van der Waals surface area (Å²) in [5.41, 5.74) is 4.83. The molecule has 0 aliphatic rings. The molecule has 136 valence electrons. The predicted octanol–water partition coefficient (Wildman–Crippen LogP) is 4.45. The first kappa shape index (κ1) is 17.5. The fourth-order valence-corrected chi connectivity index (χ4v) is 3.31. The number of hydrogen-bond acceptors (Lipinski definition) is 4. The van der Waals surface area contributed by atoms with E-state index in [2.05, 4.69) is 33.6 Å². The Kier molecular flexibility index (Phi) is 4.79. The SMILES string of the molecule is Cc1ccc(-n2cc(-c3ccccc3)c3c(NCCO)ncnc32)cc1Cl. The van der Waals surface area contributed by atoms with Crippen LogP contribution in [0.4, 0.5) is 5.82 Å². The van der Waals surface area contributed by atoms with Gasteiger partial charge in [0.1, 0.15) is 12.1 Å². The second-order valence-corrected chi connectivity index (χ2v) is 6.69. The highest BCUT2D eigenvalue weighted by Gasteiger charge is 2.17. The topological polar surface area (TPSA) is 63.0 Å². The lowest BCUT2D eigenvalue weighted by Gasteiger charge is -2.08. The van der Waals surface area contributed by atoms with Gasteiger partial charge >= 0.3 is 0 Å². The lowest BCUT2D eigenvalue weighted by molar-refractivity contribution is 0.311. The molecule has 2 heterocycles. The number of aliphatic hydroxyl groups is 1. The number of benzene rings is 2. The van der Waals surface area contributed by atoms with Crippen molar-refractivity contribution in [2.75, 3.05) is 18.5 Å². The minimum absolute atomic E-state index is 0.0282. The van der Waals surface area contributed by atoms with Crippen molar-refractivity contribution < 1.29 is 5.11 Å². The third kappa shape index (κ3) is 3.27. The molecule has 0 amide bonds. The van der Waals surface area contributed by atoms with Gasteiger partial charge in [0, 0.05) is 29.0 Å². The summed E-state index contributed by atoms with van der Waals surface area (Å²) in [6, 6.07) is 16.1. The van der Waals surface area contributed by atoms with Crippen molar-refractivity contribution in [3.05, 3.63) is 71.6 Å². The number of aliphatic hydroxyl groups excluding tert-OH is 1. The first-order chi connectivity index (χ1) is 13.2. The molecule has 4 aromatic rings. The van der Waals surface area contributed by atoms with Crippen LogP contribution in [0.2, 0.25) is 5.02 Å². The minimum Gasteiger partial charge on any atom is -0.395 e. The van der Waals surface area contributed by atoms with E-state index in [9.17, 15) is 5.11 Å². The van der Waals surface area contributed by atoms with Gasteiger partial charge in [0.2, 0.25) is 0 Å². The quantitative estimate of drug-likeness (QED) is 0.538. The number of hydrogen-bond donors (Lipinski definition) is 2. The Bertz CT molecular complexity index is 1090. The molecule has 0 atom stereocenters. The standard InChI is InChI=1S/C21H19ClN4O/c1-14-7-8-16(11-18(14)22)26-12-17(15-5-3-2-4-6-15)19-20(23-9-10-27)24-13-25-21(19)26/h2-8,11-13,27H,9-10H2,1H3,(H,23,24,25). The molecule has 0 fully saturated rings. The van der Waals surface area contributed by atoms with Crippen LogP contribution >= 0.6 is 11.6 Å². The van der Waals surface area contributed by atoms with Crippen molar-refractivity contribution in [1.29, 1.82) is 0 Å². The third-order valence-electron chi connectivity index (χ3n) is 4.51. The monoisotopic (exact) mass is 378 g/mol. The summed E-state index contributed by atoms with van der Waals surface area (Å²) in [5.74, 6) is 0.699. The first-order valence-corrected chi connectivity index (χ1v) is 9.09. The van der Waals surface area contributed by atoms with E-state index in [1.807, 2.05) is 47.9 Å². The number of halogens is 1. The summed E-state index contributed by atoms with van der Waals surface area (Å²) < 4.78 is 2.02. The molecule has 0 saturated carbocycles. The van der Waals surface area contributed by atoms with Gasteiger partial charge in [-0.2, -0.15) is 0 Å². The maximum Gasteiger partial charge on any atom is 0.150 e. The molecule has 0 radical (unpaired) electrons. The molecule has 2 aromatic carbocycles. The number of aryl methyl sites for hydroxylation is 1. The van der Waals surface area contributed by atoms with E-state index in [-0.39, 0.29) is 6.61 Å². The molecule has 5 nitrogen and oxygen atoms in total. The van der Waals surface area contributed by atoms with E-state index in [1.54, 1.807) is 0 Å². The maximum atomic E-state index is 9.20. The normalized spacial score (nSPS) is 11.1. The highest BCUT2D eigenvalue weighted by molar-refractivity contribution is 6.31. The van der Waals surface area contributed by atoms with Gasteiger partial charge in [-0.25, -0.2) is 9.97 Å². The summed E-state index contributed by atoms with van der Waals surface area (Å²) >= 11 is 6.35. The minimum atomic E-state index is 0.0282. The van der Waals surface area contributed by atoms with Gasteiger partial charge in [-0.1, -0.05) is 48.0 Å². The Morgan fingerprint density at radius 2 is 1.93 bits per heavy atom. The first-order valence-electron chi connectivity index (χ1n) is 8.72. The second kappa shape index (κ2) is 7.39. The van der Waals surface area contributed by atoms with Crippen LogP contribution < -0.4 is 5.32 Å². The van der Waals surface area contributed by atoms with Crippen LogP contribution in [0.3, 0.4) is 0 Å². The van der Waals surface area contributed by atoms with Crippen molar-refractivity contribution in [2.24, 2.45) is 0 Å². The van der Waals surface area contributed by atoms with E-state index in [1.165, 1.54) is 6.33 Å². The molecular weight excluding hydrogens is 360 g/mol. The third-order valence-corrected chi connectivity index (χ3v) is 4.91. The van der Waals surface area contributed by atoms with Crippen molar-refractivity contribution >= 4 is 28.5 Å². The fourth-order valence-electron chi connectivity index (χ4n) is 3.14. The summed E-state index contributed by atoms with van der Waals surface area (Å²) in [6.07, 6.45) is 3.59. The molecule has 2 aromatic heterocycles. The zero-order valence-corrected chi connectivity index (χ0v) is 15.6. The number of anilines is 1. The molecule has 6 heteroatoms. The molecule has 0 saturated heterocycles. The van der Waals surface area contributed by atoms with E-state index >= 15 is 0 Å². The van der Waals surface area contributed by atoms with E-state index in [4.69, 9.17) is 11.6 Å². The molecule has 4 rings (SSSR count). The van der Waals surface area contributed by atoms with Gasteiger partial charge in [0.15, 0.2) is 5.65 Å². The molecule has 0 unspecified atom stereocenters. The predicted molar refractivity (Wildman–Crippen MR) is 110 cm³/mol. The molecular formula is C21H19ClN4O. The van der Waals surface area contributed by atoms with Crippen LogP contribution in [-0.2, 0) is 0 Å². The van der Waals surface area contributed by atoms with Crippen LogP contribution in [0.25, 0.3) is 27.8 Å². The van der Waals surface area contributed by atoms with Crippen molar-refractivity contribution in [3.63, 3.8) is 0 Å². The summed E-state index contributed by atoms with van der Waals surface area (Å²) in [7, 11) is 0. The maximum absolute atomic E-state index is 9.20. The van der Waals surface area contributed by atoms with Crippen LogP contribution in [0, 0.1) is 6.92 Å². The molecule has 0 bridgehead atoms. The van der Waals surface area contributed by atoms with Crippen molar-refractivity contribution in [1.82, 2.24) is 14.5 Å². The highest BCUT2D eigenvalue weighted by atomic mass is 35.5. The zero-order valence-electron chi connectivity index (χ0n) is 14.9. The van der Waals surface area contributed by atoms with E-state index < -0.39 is 0 Å². The Labute approximate surface area is 162 Å². The summed E-state index contributed by atoms with van der Waals surface area (Å²) in [4.78, 5) is 8.93. The highest BCUT2D eigenvalue weighted by Crippen LogP contribution is 2.35. The van der Waals surface area contributed by atoms with Crippen LogP contribution in [0.15, 0.2) is 61.1 Å². The Balaban J connectivity index is 1.99. The summed E-state index contributed by atoms with van der Waals surface area (Å²) in [6.45, 7) is 2.43. The lowest BCUT2D eigenvalue weighted by Crippen LogP contribution is -2.07. The fraction of sp³-hybridized carbons (Fsp3) is 0.143. The van der Waals surface area contributed by atoms with Gasteiger partial charge in [-0.05, 0) is 30.2 Å². The van der Waals surface area contributed by atoms with E-state index in [0.29, 0.717) is 17.4 Å². The van der Waals surface area contributed by atoms with Gasteiger partial charge in [0.25, 0.3) is 0 Å². The Morgan fingerprint density at radius 3 is 2.67 bits per heavy atom. The number of nitrogens with one attached hydrogen (secondary N) is 1. The van der Waals surface area contributed by atoms with Gasteiger partial charge in [-0.3, -0.25) is 0 Å². The Morgan fingerprint density at radius 1 is 1.11 bits per heavy atom. The van der Waals surface area contributed by atoms with Crippen molar-refractivity contribution in [3.8, 4) is 16.8 Å².